The molecule has 0 unspecified atom stereocenters. The monoisotopic (exact) mass is 351 g/mol. The van der Waals surface area contributed by atoms with E-state index < -0.39 is 0 Å². The highest BCUT2D eigenvalue weighted by molar-refractivity contribution is 6.00. The Balaban J connectivity index is 1.57. The molecule has 0 aliphatic rings. The van der Waals surface area contributed by atoms with Gasteiger partial charge in [0, 0.05) is 34.9 Å². The van der Waals surface area contributed by atoms with E-state index in [4.69, 9.17) is 4.74 Å². The molecule has 1 aromatic heterocycles. The number of hydrogen-bond donors (Lipinski definition) is 2. The molecule has 0 bridgehead atoms. The van der Waals surface area contributed by atoms with E-state index in [9.17, 15) is 9.59 Å². The SMILES string of the molecule is CCn1ccc2cc(NC(=O)CNC(=O)c3ccc(OC)cc3)ccc21. The number of carbonyl (C=O) groups excluding carboxylic acids is 2. The number of nitrogens with one attached hydrogen (secondary N) is 2. The fourth-order valence-corrected chi connectivity index (χ4v) is 2.76. The summed E-state index contributed by atoms with van der Waals surface area (Å²) in [6.45, 7) is 2.88. The first-order valence-electron chi connectivity index (χ1n) is 8.41. The molecule has 0 spiro atoms. The number of carbonyl (C=O) groups is 2. The van der Waals surface area contributed by atoms with Crippen molar-refractivity contribution in [2.45, 2.75) is 13.5 Å². The molecule has 3 aromatic rings. The van der Waals surface area contributed by atoms with Crippen molar-refractivity contribution in [3.05, 3.63) is 60.3 Å². The Hall–Kier alpha value is -3.28. The summed E-state index contributed by atoms with van der Waals surface area (Å²) in [5.74, 6) is 0.0889. The number of amides is 2. The lowest BCUT2D eigenvalue weighted by atomic mass is 10.2. The van der Waals surface area contributed by atoms with Crippen molar-refractivity contribution in [1.82, 2.24) is 9.88 Å². The highest BCUT2D eigenvalue weighted by atomic mass is 16.5. The summed E-state index contributed by atoms with van der Waals surface area (Å²) in [5.41, 5.74) is 2.30. The van der Waals surface area contributed by atoms with Crippen molar-refractivity contribution in [1.29, 1.82) is 0 Å². The zero-order valence-corrected chi connectivity index (χ0v) is 14.8. The standard InChI is InChI=1S/C20H21N3O3/c1-3-23-11-10-15-12-16(6-9-18(15)23)22-19(24)13-21-20(25)14-4-7-17(26-2)8-5-14/h4-12H,3,13H2,1-2H3,(H,21,25)(H,22,24). The zero-order valence-electron chi connectivity index (χ0n) is 14.8. The maximum Gasteiger partial charge on any atom is 0.251 e. The van der Waals surface area contributed by atoms with E-state index in [1.807, 2.05) is 30.5 Å². The molecule has 0 aliphatic carbocycles. The molecule has 2 aromatic carbocycles. The molecule has 134 valence electrons. The predicted octanol–water partition coefficient (Wildman–Crippen LogP) is 3.04. The van der Waals surface area contributed by atoms with Gasteiger partial charge in [0.2, 0.25) is 5.91 Å². The first kappa shape index (κ1) is 17.5. The molecule has 0 saturated carbocycles. The molecular formula is C20H21N3O3. The Morgan fingerprint density at radius 2 is 1.85 bits per heavy atom. The van der Waals surface area contributed by atoms with Crippen molar-refractivity contribution >= 4 is 28.4 Å². The number of ether oxygens (including phenoxy) is 1. The van der Waals surface area contributed by atoms with Crippen LogP contribution in [0.1, 0.15) is 17.3 Å². The van der Waals surface area contributed by atoms with Crippen molar-refractivity contribution in [2.24, 2.45) is 0 Å². The second kappa shape index (κ2) is 7.74. The highest BCUT2D eigenvalue weighted by Crippen LogP contribution is 2.20. The lowest BCUT2D eigenvalue weighted by Crippen LogP contribution is -2.32. The maximum atomic E-state index is 12.1. The van der Waals surface area contributed by atoms with Gasteiger partial charge in [0.25, 0.3) is 5.91 Å². The quantitative estimate of drug-likeness (QED) is 0.717. The van der Waals surface area contributed by atoms with Crippen LogP contribution in [-0.4, -0.2) is 30.0 Å². The number of rotatable bonds is 6. The molecule has 3 rings (SSSR count). The first-order valence-corrected chi connectivity index (χ1v) is 8.41. The van der Waals surface area contributed by atoms with Crippen molar-refractivity contribution in [3.8, 4) is 5.75 Å². The number of hydrogen-bond acceptors (Lipinski definition) is 3. The van der Waals surface area contributed by atoms with Gasteiger partial charge in [0.05, 0.1) is 13.7 Å². The molecule has 6 heteroatoms. The summed E-state index contributed by atoms with van der Waals surface area (Å²) >= 11 is 0. The van der Waals surface area contributed by atoms with Crippen LogP contribution in [0, 0.1) is 0 Å². The van der Waals surface area contributed by atoms with Gasteiger partial charge in [0.1, 0.15) is 5.75 Å². The highest BCUT2D eigenvalue weighted by Gasteiger charge is 2.09. The van der Waals surface area contributed by atoms with Crippen LogP contribution >= 0.6 is 0 Å². The molecule has 2 amide bonds. The minimum atomic E-state index is -0.307. The number of methoxy groups -OCH3 is 1. The third kappa shape index (κ3) is 3.85. The van der Waals surface area contributed by atoms with E-state index in [-0.39, 0.29) is 18.4 Å². The Kier molecular flexibility index (Phi) is 5.22. The lowest BCUT2D eigenvalue weighted by Gasteiger charge is -2.08. The Morgan fingerprint density at radius 3 is 2.54 bits per heavy atom. The number of anilines is 1. The Morgan fingerprint density at radius 1 is 1.08 bits per heavy atom. The molecule has 6 nitrogen and oxygen atoms in total. The van der Waals surface area contributed by atoms with E-state index in [2.05, 4.69) is 22.1 Å². The third-order valence-corrected chi connectivity index (χ3v) is 4.16. The smallest absolute Gasteiger partial charge is 0.251 e. The third-order valence-electron chi connectivity index (χ3n) is 4.16. The van der Waals surface area contributed by atoms with Crippen molar-refractivity contribution in [3.63, 3.8) is 0 Å². The lowest BCUT2D eigenvalue weighted by molar-refractivity contribution is -0.115. The van der Waals surface area contributed by atoms with E-state index in [0.29, 0.717) is 17.0 Å². The van der Waals surface area contributed by atoms with Gasteiger partial charge in [0.15, 0.2) is 0 Å². The van der Waals surface area contributed by atoms with Crippen LogP contribution in [0.15, 0.2) is 54.7 Å². The summed E-state index contributed by atoms with van der Waals surface area (Å²) in [6.07, 6.45) is 2.02. The average molecular weight is 351 g/mol. The molecule has 0 atom stereocenters. The Labute approximate surface area is 151 Å². The van der Waals surface area contributed by atoms with Crippen LogP contribution in [0.5, 0.6) is 5.75 Å². The fourth-order valence-electron chi connectivity index (χ4n) is 2.76. The fraction of sp³-hybridized carbons (Fsp3) is 0.200. The van der Waals surface area contributed by atoms with Gasteiger partial charge in [-0.15, -0.1) is 0 Å². The molecule has 0 aliphatic heterocycles. The van der Waals surface area contributed by atoms with Crippen molar-refractivity contribution < 1.29 is 14.3 Å². The van der Waals surface area contributed by atoms with Crippen LogP contribution in [0.3, 0.4) is 0 Å². The van der Waals surface area contributed by atoms with Gasteiger partial charge in [-0.25, -0.2) is 0 Å². The summed E-state index contributed by atoms with van der Waals surface area (Å²) < 4.78 is 7.19. The van der Waals surface area contributed by atoms with Gasteiger partial charge in [-0.2, -0.15) is 0 Å². The molecular weight excluding hydrogens is 330 g/mol. The average Bonchev–Trinajstić information content (AvgIpc) is 3.08. The number of fused-ring (bicyclic) bond motifs is 1. The predicted molar refractivity (Wildman–Crippen MR) is 102 cm³/mol. The molecule has 1 heterocycles. The van der Waals surface area contributed by atoms with Gasteiger partial charge < -0.3 is 19.9 Å². The van der Waals surface area contributed by atoms with Crippen LogP contribution in [-0.2, 0) is 11.3 Å². The van der Waals surface area contributed by atoms with Gasteiger partial charge in [-0.05, 0) is 55.5 Å². The number of benzene rings is 2. The second-order valence-corrected chi connectivity index (χ2v) is 5.83. The van der Waals surface area contributed by atoms with Crippen LogP contribution < -0.4 is 15.4 Å². The summed E-state index contributed by atoms with van der Waals surface area (Å²) in [7, 11) is 1.56. The van der Waals surface area contributed by atoms with Crippen LogP contribution in [0.25, 0.3) is 10.9 Å². The maximum absolute atomic E-state index is 12.1. The minimum Gasteiger partial charge on any atom is -0.497 e. The number of aromatic nitrogens is 1. The topological polar surface area (TPSA) is 72.4 Å². The molecule has 0 saturated heterocycles. The molecule has 26 heavy (non-hydrogen) atoms. The van der Waals surface area contributed by atoms with Crippen LogP contribution in [0.2, 0.25) is 0 Å². The summed E-state index contributed by atoms with van der Waals surface area (Å²) in [5, 5.41) is 6.48. The van der Waals surface area contributed by atoms with Gasteiger partial charge in [-0.3, -0.25) is 9.59 Å². The second-order valence-electron chi connectivity index (χ2n) is 5.83. The van der Waals surface area contributed by atoms with E-state index in [1.54, 1.807) is 31.4 Å². The normalized spacial score (nSPS) is 10.5. The number of aryl methyl sites for hydroxylation is 1. The number of nitrogens with zero attached hydrogens (tertiary/aromatic N) is 1. The zero-order chi connectivity index (χ0) is 18.5. The molecule has 0 fully saturated rings. The van der Waals surface area contributed by atoms with Crippen molar-refractivity contribution in [2.75, 3.05) is 19.0 Å². The minimum absolute atomic E-state index is 0.0983. The summed E-state index contributed by atoms with van der Waals surface area (Å²) in [4.78, 5) is 24.2. The summed E-state index contributed by atoms with van der Waals surface area (Å²) in [6, 6.07) is 14.5. The van der Waals surface area contributed by atoms with E-state index in [1.165, 1.54) is 0 Å². The van der Waals surface area contributed by atoms with E-state index in [0.717, 1.165) is 17.4 Å². The molecule has 0 radical (unpaired) electrons. The molecule has 2 N–H and O–H groups in total. The van der Waals surface area contributed by atoms with Gasteiger partial charge >= 0.3 is 0 Å². The Bertz CT molecular complexity index is 929. The van der Waals surface area contributed by atoms with Gasteiger partial charge in [-0.1, -0.05) is 0 Å². The first-order chi connectivity index (χ1) is 12.6. The largest absolute Gasteiger partial charge is 0.497 e. The van der Waals surface area contributed by atoms with E-state index >= 15 is 0 Å². The van der Waals surface area contributed by atoms with Crippen LogP contribution in [0.4, 0.5) is 5.69 Å².